The third-order valence-electron chi connectivity index (χ3n) is 4.96. The molecule has 3 nitrogen and oxygen atoms in total. The van der Waals surface area contributed by atoms with Crippen molar-refractivity contribution < 1.29 is 8.42 Å². The molecule has 25 heavy (non-hydrogen) atoms. The van der Waals surface area contributed by atoms with Gasteiger partial charge in [-0.1, -0.05) is 30.5 Å². The summed E-state index contributed by atoms with van der Waals surface area (Å²) in [6.07, 6.45) is 4.02. The van der Waals surface area contributed by atoms with Gasteiger partial charge in [0.1, 0.15) is 0 Å². The van der Waals surface area contributed by atoms with Gasteiger partial charge in [0.2, 0.25) is 10.0 Å². The van der Waals surface area contributed by atoms with Crippen molar-refractivity contribution in [3.8, 4) is 0 Å². The molecule has 1 atom stereocenters. The highest BCUT2D eigenvalue weighted by atomic mass is 32.2. The van der Waals surface area contributed by atoms with E-state index in [9.17, 15) is 8.42 Å². The SMILES string of the molecule is Cc1cc(C)c(S(=O)(=O)N2CCCCC[C@H]2c2ccc(C)s2)c(C)c1. The van der Waals surface area contributed by atoms with E-state index in [1.807, 2.05) is 32.9 Å². The van der Waals surface area contributed by atoms with Gasteiger partial charge >= 0.3 is 0 Å². The molecular weight excluding hydrogens is 350 g/mol. The lowest BCUT2D eigenvalue weighted by Gasteiger charge is -2.30. The molecular formula is C20H27NO2S2. The lowest BCUT2D eigenvalue weighted by Crippen LogP contribution is -2.35. The largest absolute Gasteiger partial charge is 0.244 e. The predicted octanol–water partition coefficient (Wildman–Crippen LogP) is 5.29. The Morgan fingerprint density at radius 3 is 2.28 bits per heavy atom. The van der Waals surface area contributed by atoms with E-state index in [0.717, 1.165) is 42.4 Å². The summed E-state index contributed by atoms with van der Waals surface area (Å²) in [5, 5.41) is 0. The number of benzene rings is 1. The fourth-order valence-corrected chi connectivity index (χ4v) is 7.16. The van der Waals surface area contributed by atoms with Gasteiger partial charge < -0.3 is 0 Å². The number of hydrogen-bond donors (Lipinski definition) is 0. The maximum Gasteiger partial charge on any atom is 0.244 e. The van der Waals surface area contributed by atoms with Crippen LogP contribution in [0.3, 0.4) is 0 Å². The standard InChI is InChI=1S/C20H27NO2S2/c1-14-12-15(2)20(16(3)13-14)25(22,23)21-11-7-5-6-8-18(21)19-10-9-17(4)24-19/h9-10,12-13,18H,5-8,11H2,1-4H3/t18-/m0/s1. The predicted molar refractivity (Wildman–Crippen MR) is 105 cm³/mol. The van der Waals surface area contributed by atoms with Crippen LogP contribution in [0.2, 0.25) is 0 Å². The molecule has 1 saturated heterocycles. The van der Waals surface area contributed by atoms with Crippen molar-refractivity contribution in [1.82, 2.24) is 4.31 Å². The second kappa shape index (κ2) is 7.22. The molecule has 0 spiro atoms. The van der Waals surface area contributed by atoms with Gasteiger partial charge in [-0.15, -0.1) is 11.3 Å². The first-order chi connectivity index (χ1) is 11.8. The summed E-state index contributed by atoms with van der Waals surface area (Å²) in [4.78, 5) is 2.91. The Hall–Kier alpha value is -1.17. The van der Waals surface area contributed by atoms with E-state index in [0.29, 0.717) is 11.4 Å². The van der Waals surface area contributed by atoms with Gasteiger partial charge in [0.25, 0.3) is 0 Å². The van der Waals surface area contributed by atoms with Crippen molar-refractivity contribution in [1.29, 1.82) is 0 Å². The summed E-state index contributed by atoms with van der Waals surface area (Å²) < 4.78 is 29.0. The molecule has 0 bridgehead atoms. The zero-order valence-corrected chi connectivity index (χ0v) is 17.1. The smallest absolute Gasteiger partial charge is 0.207 e. The van der Waals surface area contributed by atoms with Crippen molar-refractivity contribution in [3.05, 3.63) is 50.7 Å². The van der Waals surface area contributed by atoms with Crippen LogP contribution in [0.4, 0.5) is 0 Å². The molecule has 1 aromatic heterocycles. The van der Waals surface area contributed by atoms with E-state index in [-0.39, 0.29) is 6.04 Å². The van der Waals surface area contributed by atoms with Crippen molar-refractivity contribution in [3.63, 3.8) is 0 Å². The van der Waals surface area contributed by atoms with Gasteiger partial charge in [0, 0.05) is 16.3 Å². The van der Waals surface area contributed by atoms with E-state index >= 15 is 0 Å². The van der Waals surface area contributed by atoms with Crippen LogP contribution >= 0.6 is 11.3 Å². The topological polar surface area (TPSA) is 37.4 Å². The summed E-state index contributed by atoms with van der Waals surface area (Å²) in [6, 6.07) is 8.11. The first-order valence-corrected chi connectivity index (χ1v) is 11.2. The first-order valence-electron chi connectivity index (χ1n) is 8.97. The number of nitrogens with zero attached hydrogens (tertiary/aromatic N) is 1. The molecule has 0 saturated carbocycles. The summed E-state index contributed by atoms with van der Waals surface area (Å²) in [5.41, 5.74) is 2.81. The Balaban J connectivity index is 2.09. The van der Waals surface area contributed by atoms with Gasteiger partial charge in [-0.3, -0.25) is 0 Å². The van der Waals surface area contributed by atoms with E-state index in [1.54, 1.807) is 15.6 Å². The third kappa shape index (κ3) is 3.69. The molecule has 1 aliphatic rings. The molecule has 1 aliphatic heterocycles. The highest BCUT2D eigenvalue weighted by molar-refractivity contribution is 7.89. The maximum absolute atomic E-state index is 13.6. The van der Waals surface area contributed by atoms with Crippen LogP contribution in [0, 0.1) is 27.7 Å². The van der Waals surface area contributed by atoms with Crippen LogP contribution in [0.15, 0.2) is 29.2 Å². The Morgan fingerprint density at radius 1 is 1.00 bits per heavy atom. The molecule has 1 fully saturated rings. The van der Waals surface area contributed by atoms with E-state index < -0.39 is 10.0 Å². The minimum absolute atomic E-state index is 0.0358. The molecule has 0 radical (unpaired) electrons. The zero-order chi connectivity index (χ0) is 18.2. The van der Waals surface area contributed by atoms with Gasteiger partial charge in [-0.25, -0.2) is 8.42 Å². The number of sulfonamides is 1. The Bertz CT molecular complexity index is 845. The molecule has 2 heterocycles. The second-order valence-corrected chi connectivity index (χ2v) is 10.3. The van der Waals surface area contributed by atoms with Crippen LogP contribution in [0.5, 0.6) is 0 Å². The number of thiophene rings is 1. The number of rotatable bonds is 3. The van der Waals surface area contributed by atoms with Crippen LogP contribution in [0.1, 0.15) is 58.2 Å². The molecule has 5 heteroatoms. The maximum atomic E-state index is 13.6. The Morgan fingerprint density at radius 2 is 1.68 bits per heavy atom. The fourth-order valence-electron chi connectivity index (χ4n) is 3.98. The fraction of sp³-hybridized carbons (Fsp3) is 0.500. The van der Waals surface area contributed by atoms with Crippen LogP contribution in [-0.2, 0) is 10.0 Å². The van der Waals surface area contributed by atoms with Crippen LogP contribution in [-0.4, -0.2) is 19.3 Å². The third-order valence-corrected chi connectivity index (χ3v) is 8.28. The molecule has 136 valence electrons. The van der Waals surface area contributed by atoms with Gasteiger partial charge in [-0.2, -0.15) is 4.31 Å². The molecule has 0 aliphatic carbocycles. The molecule has 1 aromatic carbocycles. The summed E-state index contributed by atoms with van der Waals surface area (Å²) in [6.45, 7) is 8.53. The summed E-state index contributed by atoms with van der Waals surface area (Å²) in [5.74, 6) is 0. The van der Waals surface area contributed by atoms with Crippen molar-refractivity contribution in [2.45, 2.75) is 64.3 Å². The molecule has 3 rings (SSSR count). The molecule has 2 aromatic rings. The average molecular weight is 378 g/mol. The Labute approximate surface area is 155 Å². The molecule has 0 amide bonds. The van der Waals surface area contributed by atoms with Crippen molar-refractivity contribution in [2.24, 2.45) is 0 Å². The lowest BCUT2D eigenvalue weighted by atomic mass is 10.1. The van der Waals surface area contributed by atoms with Crippen molar-refractivity contribution in [2.75, 3.05) is 6.54 Å². The minimum atomic E-state index is -3.51. The zero-order valence-electron chi connectivity index (χ0n) is 15.5. The van der Waals surface area contributed by atoms with Gasteiger partial charge in [0.15, 0.2) is 0 Å². The van der Waals surface area contributed by atoms with Gasteiger partial charge in [0.05, 0.1) is 10.9 Å². The van der Waals surface area contributed by atoms with Crippen LogP contribution in [0.25, 0.3) is 0 Å². The van der Waals surface area contributed by atoms with E-state index in [1.165, 1.54) is 9.75 Å². The number of hydrogen-bond acceptors (Lipinski definition) is 3. The molecule has 0 N–H and O–H groups in total. The monoisotopic (exact) mass is 377 g/mol. The number of aryl methyl sites for hydroxylation is 4. The lowest BCUT2D eigenvalue weighted by molar-refractivity contribution is 0.332. The van der Waals surface area contributed by atoms with Crippen molar-refractivity contribution >= 4 is 21.4 Å². The second-order valence-electron chi connectivity index (χ2n) is 7.16. The quantitative estimate of drug-likeness (QED) is 0.729. The summed E-state index contributed by atoms with van der Waals surface area (Å²) >= 11 is 1.72. The van der Waals surface area contributed by atoms with Gasteiger partial charge in [-0.05, 0) is 63.8 Å². The highest BCUT2D eigenvalue weighted by Crippen LogP contribution is 2.38. The Kier molecular flexibility index (Phi) is 5.37. The average Bonchev–Trinajstić information content (AvgIpc) is 2.79. The normalized spacial score (nSPS) is 19.8. The van der Waals surface area contributed by atoms with E-state index in [4.69, 9.17) is 0 Å². The minimum Gasteiger partial charge on any atom is -0.207 e. The molecule has 0 unspecified atom stereocenters. The van der Waals surface area contributed by atoms with E-state index in [2.05, 4.69) is 19.1 Å². The highest BCUT2D eigenvalue weighted by Gasteiger charge is 2.35. The summed E-state index contributed by atoms with van der Waals surface area (Å²) in [7, 11) is -3.51. The van der Waals surface area contributed by atoms with Crippen LogP contribution < -0.4 is 0 Å². The first kappa shape index (κ1) is 18.6.